The minimum Gasteiger partial charge on any atom is -0.329 e. The van der Waals surface area contributed by atoms with E-state index in [4.69, 9.17) is 5.73 Å². The lowest BCUT2D eigenvalue weighted by atomic mass is 9.85. The van der Waals surface area contributed by atoms with E-state index in [9.17, 15) is 0 Å². The maximum atomic E-state index is 5.57. The Bertz CT molecular complexity index is 377. The highest BCUT2D eigenvalue weighted by molar-refractivity contribution is 5.34. The first-order chi connectivity index (χ1) is 8.34. The summed E-state index contributed by atoms with van der Waals surface area (Å²) in [5.74, 6) is 0. The normalized spacial score (nSPS) is 12.2. The van der Waals surface area contributed by atoms with Crippen molar-refractivity contribution in [3.05, 3.63) is 34.9 Å². The molecule has 0 aromatic heterocycles. The number of benzene rings is 1. The Labute approximate surface area is 112 Å². The molecule has 0 saturated carbocycles. The number of hydrogen-bond acceptors (Lipinski definition) is 2. The van der Waals surface area contributed by atoms with Gasteiger partial charge in [0, 0.05) is 19.6 Å². The van der Waals surface area contributed by atoms with Gasteiger partial charge in [0.2, 0.25) is 0 Å². The van der Waals surface area contributed by atoms with E-state index in [1.807, 2.05) is 0 Å². The fourth-order valence-corrected chi connectivity index (χ4v) is 2.05. The second-order valence-corrected chi connectivity index (χ2v) is 6.23. The van der Waals surface area contributed by atoms with Crippen LogP contribution in [0.25, 0.3) is 0 Å². The molecule has 2 heteroatoms. The zero-order chi connectivity index (χ0) is 13.8. The van der Waals surface area contributed by atoms with E-state index in [-0.39, 0.29) is 5.41 Å². The van der Waals surface area contributed by atoms with E-state index in [0.717, 1.165) is 26.1 Å². The van der Waals surface area contributed by atoms with Crippen LogP contribution in [0.4, 0.5) is 0 Å². The molecular formula is C16H28N2. The molecule has 1 rings (SSSR count). The predicted molar refractivity (Wildman–Crippen MR) is 80.1 cm³/mol. The van der Waals surface area contributed by atoms with Crippen LogP contribution >= 0.6 is 0 Å². The largest absolute Gasteiger partial charge is 0.329 e. The number of hydrogen-bond donors (Lipinski definition) is 1. The molecule has 1 aromatic carbocycles. The van der Waals surface area contributed by atoms with Crippen LogP contribution < -0.4 is 5.73 Å². The van der Waals surface area contributed by atoms with Gasteiger partial charge in [-0.05, 0) is 42.5 Å². The van der Waals surface area contributed by atoms with Gasteiger partial charge in [-0.15, -0.1) is 0 Å². The summed E-state index contributed by atoms with van der Waals surface area (Å²) in [5, 5.41) is 0. The molecule has 0 atom stereocenters. The van der Waals surface area contributed by atoms with Crippen LogP contribution in [0, 0.1) is 6.92 Å². The van der Waals surface area contributed by atoms with Crippen molar-refractivity contribution in [1.29, 1.82) is 0 Å². The van der Waals surface area contributed by atoms with Crippen molar-refractivity contribution >= 4 is 0 Å². The van der Waals surface area contributed by atoms with Gasteiger partial charge in [-0.2, -0.15) is 0 Å². The number of aryl methyl sites for hydroxylation is 1. The molecule has 1 aromatic rings. The van der Waals surface area contributed by atoms with E-state index in [1.54, 1.807) is 0 Å². The van der Waals surface area contributed by atoms with Gasteiger partial charge in [0.1, 0.15) is 0 Å². The summed E-state index contributed by atoms with van der Waals surface area (Å²) in [5.41, 5.74) is 10.1. The average molecular weight is 248 g/mol. The second-order valence-electron chi connectivity index (χ2n) is 6.23. The molecule has 2 N–H and O–H groups in total. The van der Waals surface area contributed by atoms with Crippen molar-refractivity contribution in [3.8, 4) is 0 Å². The molecule has 0 radical (unpaired) electrons. The summed E-state index contributed by atoms with van der Waals surface area (Å²) in [7, 11) is 2.13. The first kappa shape index (κ1) is 15.2. The predicted octanol–water partition coefficient (Wildman–Crippen LogP) is 2.73. The highest BCUT2D eigenvalue weighted by atomic mass is 15.1. The standard InChI is InChI=1S/C16H28N2/c1-13-6-7-15(16(2,3)4)12-14(13)8-10-18(5)11-9-17/h6-7,12H,8-11,17H2,1-5H3. The molecule has 0 unspecified atom stereocenters. The Morgan fingerprint density at radius 3 is 2.39 bits per heavy atom. The van der Waals surface area contributed by atoms with Gasteiger partial charge in [0.25, 0.3) is 0 Å². The van der Waals surface area contributed by atoms with Gasteiger partial charge in [-0.3, -0.25) is 0 Å². The smallest absolute Gasteiger partial charge is 0.0102 e. The molecule has 0 spiro atoms. The quantitative estimate of drug-likeness (QED) is 0.868. The first-order valence-electron chi connectivity index (χ1n) is 6.83. The molecule has 0 heterocycles. The monoisotopic (exact) mass is 248 g/mol. The van der Waals surface area contributed by atoms with Crippen LogP contribution in [0.5, 0.6) is 0 Å². The molecule has 0 bridgehead atoms. The zero-order valence-corrected chi connectivity index (χ0v) is 12.6. The third kappa shape index (κ3) is 4.43. The van der Waals surface area contributed by atoms with Crippen LogP contribution in [0.3, 0.4) is 0 Å². The SMILES string of the molecule is Cc1ccc(C(C)(C)C)cc1CCN(C)CCN. The molecule has 0 aliphatic rings. The van der Waals surface area contributed by atoms with E-state index < -0.39 is 0 Å². The van der Waals surface area contributed by atoms with Gasteiger partial charge in [-0.1, -0.05) is 39.0 Å². The van der Waals surface area contributed by atoms with Crippen molar-refractivity contribution in [1.82, 2.24) is 4.90 Å². The van der Waals surface area contributed by atoms with Crippen molar-refractivity contribution in [2.45, 2.75) is 39.5 Å². The Hall–Kier alpha value is -0.860. The first-order valence-corrected chi connectivity index (χ1v) is 6.83. The fourth-order valence-electron chi connectivity index (χ4n) is 2.05. The fraction of sp³-hybridized carbons (Fsp3) is 0.625. The number of rotatable bonds is 5. The van der Waals surface area contributed by atoms with Gasteiger partial charge in [-0.25, -0.2) is 0 Å². The maximum Gasteiger partial charge on any atom is 0.0102 e. The summed E-state index contributed by atoms with van der Waals surface area (Å²) in [4.78, 5) is 2.29. The maximum absolute atomic E-state index is 5.57. The van der Waals surface area contributed by atoms with E-state index in [1.165, 1.54) is 16.7 Å². The highest BCUT2D eigenvalue weighted by Crippen LogP contribution is 2.24. The van der Waals surface area contributed by atoms with Crippen LogP contribution in [-0.4, -0.2) is 31.6 Å². The molecule has 102 valence electrons. The molecular weight excluding hydrogens is 220 g/mol. The average Bonchev–Trinajstić information content (AvgIpc) is 2.26. The van der Waals surface area contributed by atoms with E-state index >= 15 is 0 Å². The third-order valence-corrected chi connectivity index (χ3v) is 3.49. The topological polar surface area (TPSA) is 29.3 Å². The van der Waals surface area contributed by atoms with Crippen LogP contribution in [-0.2, 0) is 11.8 Å². The molecule has 0 fully saturated rings. The van der Waals surface area contributed by atoms with Crippen LogP contribution in [0.1, 0.15) is 37.5 Å². The molecule has 0 aliphatic heterocycles. The Morgan fingerprint density at radius 1 is 1.17 bits per heavy atom. The Kier molecular flexibility index (Phi) is 5.36. The molecule has 18 heavy (non-hydrogen) atoms. The van der Waals surface area contributed by atoms with Gasteiger partial charge < -0.3 is 10.6 Å². The summed E-state index contributed by atoms with van der Waals surface area (Å²) in [6, 6.07) is 6.87. The van der Waals surface area contributed by atoms with Crippen molar-refractivity contribution < 1.29 is 0 Å². The number of nitrogens with two attached hydrogens (primary N) is 1. The summed E-state index contributed by atoms with van der Waals surface area (Å²) in [6.07, 6.45) is 1.10. The molecule has 0 saturated heterocycles. The number of nitrogens with zero attached hydrogens (tertiary/aromatic N) is 1. The lowest BCUT2D eigenvalue weighted by Gasteiger charge is -2.22. The minimum atomic E-state index is 0.228. The van der Waals surface area contributed by atoms with Crippen molar-refractivity contribution in [2.24, 2.45) is 5.73 Å². The minimum absolute atomic E-state index is 0.228. The lowest BCUT2D eigenvalue weighted by molar-refractivity contribution is 0.347. The molecule has 2 nitrogen and oxygen atoms in total. The van der Waals surface area contributed by atoms with Crippen molar-refractivity contribution in [3.63, 3.8) is 0 Å². The lowest BCUT2D eigenvalue weighted by Crippen LogP contribution is -2.27. The summed E-state index contributed by atoms with van der Waals surface area (Å²) in [6.45, 7) is 11.8. The van der Waals surface area contributed by atoms with Gasteiger partial charge >= 0.3 is 0 Å². The van der Waals surface area contributed by atoms with Gasteiger partial charge in [0.05, 0.1) is 0 Å². The van der Waals surface area contributed by atoms with Gasteiger partial charge in [0.15, 0.2) is 0 Å². The van der Waals surface area contributed by atoms with E-state index in [2.05, 4.69) is 57.8 Å². The number of likely N-dealkylation sites (N-methyl/N-ethyl adjacent to an activating group) is 1. The molecule has 0 amide bonds. The Balaban J connectivity index is 2.76. The van der Waals surface area contributed by atoms with Crippen molar-refractivity contribution in [2.75, 3.05) is 26.7 Å². The molecule has 0 aliphatic carbocycles. The summed E-state index contributed by atoms with van der Waals surface area (Å²) >= 11 is 0. The second kappa shape index (κ2) is 6.35. The zero-order valence-electron chi connectivity index (χ0n) is 12.6. The third-order valence-electron chi connectivity index (χ3n) is 3.49. The summed E-state index contributed by atoms with van der Waals surface area (Å²) < 4.78 is 0. The van der Waals surface area contributed by atoms with Crippen LogP contribution in [0.2, 0.25) is 0 Å². The van der Waals surface area contributed by atoms with E-state index in [0.29, 0.717) is 0 Å². The highest BCUT2D eigenvalue weighted by Gasteiger charge is 2.14. The Morgan fingerprint density at radius 2 is 1.83 bits per heavy atom. The van der Waals surface area contributed by atoms with Crippen LogP contribution in [0.15, 0.2) is 18.2 Å².